The normalized spacial score (nSPS) is 9.60. The largest absolute Gasteiger partial charge is 0.455 e. The van der Waals surface area contributed by atoms with Gasteiger partial charge in [0.15, 0.2) is 5.75 Å². The lowest BCUT2D eigenvalue weighted by Crippen LogP contribution is -2.28. The minimum absolute atomic E-state index is 0.297. The molecule has 0 heterocycles. The monoisotopic (exact) mass is 268 g/mol. The molecule has 0 aliphatic heterocycles. The fraction of sp³-hybridized carbons (Fsp3) is 0.0625. The number of anilines is 1. The molecule has 2 N–H and O–H groups in total. The van der Waals surface area contributed by atoms with Crippen LogP contribution >= 0.6 is 0 Å². The van der Waals surface area contributed by atoms with E-state index in [1.54, 1.807) is 18.2 Å². The number of ether oxygens (including phenoxy) is 1. The number of para-hydroxylation sites is 3. The van der Waals surface area contributed by atoms with Crippen molar-refractivity contribution in [3.63, 3.8) is 0 Å². The van der Waals surface area contributed by atoms with Crippen molar-refractivity contribution in [1.82, 2.24) is 5.32 Å². The average Bonchev–Trinajstić information content (AvgIpc) is 2.48. The second kappa shape index (κ2) is 6.99. The van der Waals surface area contributed by atoms with Crippen LogP contribution in [0.4, 0.5) is 10.5 Å². The molecule has 0 aliphatic rings. The molecule has 0 unspecified atom stereocenters. The van der Waals surface area contributed by atoms with Gasteiger partial charge in [-0.3, -0.25) is 0 Å². The summed E-state index contributed by atoms with van der Waals surface area (Å²) in [6.45, 7) is 3.96. The first-order chi connectivity index (χ1) is 9.79. The van der Waals surface area contributed by atoms with Gasteiger partial charge >= 0.3 is 6.03 Å². The maximum Gasteiger partial charge on any atom is 0.319 e. The van der Waals surface area contributed by atoms with Crippen molar-refractivity contribution in [2.45, 2.75) is 0 Å². The molecule has 0 saturated heterocycles. The van der Waals surface area contributed by atoms with Crippen LogP contribution in [0.15, 0.2) is 67.3 Å². The molecule has 4 heteroatoms. The predicted octanol–water partition coefficient (Wildman–Crippen LogP) is 3.79. The molecule has 0 atom stereocenters. The Hall–Kier alpha value is -2.75. The maximum absolute atomic E-state index is 11.7. The van der Waals surface area contributed by atoms with Gasteiger partial charge in [-0.05, 0) is 24.3 Å². The third kappa shape index (κ3) is 3.88. The number of benzene rings is 2. The van der Waals surface area contributed by atoms with E-state index in [0.29, 0.717) is 23.7 Å². The summed E-state index contributed by atoms with van der Waals surface area (Å²) in [4.78, 5) is 11.7. The van der Waals surface area contributed by atoms with Crippen LogP contribution in [0.5, 0.6) is 11.5 Å². The van der Waals surface area contributed by atoms with Crippen LogP contribution in [0.2, 0.25) is 0 Å². The summed E-state index contributed by atoms with van der Waals surface area (Å²) in [6, 6.07) is 16.4. The fourth-order valence-electron chi connectivity index (χ4n) is 1.61. The first-order valence-electron chi connectivity index (χ1n) is 6.27. The maximum atomic E-state index is 11.7. The lowest BCUT2D eigenvalue weighted by molar-refractivity contribution is 0.253. The second-order valence-electron chi connectivity index (χ2n) is 4.03. The van der Waals surface area contributed by atoms with Gasteiger partial charge < -0.3 is 15.4 Å². The van der Waals surface area contributed by atoms with Crippen LogP contribution in [-0.4, -0.2) is 12.6 Å². The number of hydrogen-bond acceptors (Lipinski definition) is 2. The standard InChI is InChI=1S/C16H16N2O2/c1-2-12-17-16(19)18-14-10-6-7-11-15(14)20-13-8-4-3-5-9-13/h2-11H,1,12H2,(H2,17,18,19). The number of urea groups is 1. The number of carbonyl (C=O) groups excluding carboxylic acids is 1. The minimum Gasteiger partial charge on any atom is -0.455 e. The molecule has 4 nitrogen and oxygen atoms in total. The molecule has 2 aromatic rings. The highest BCUT2D eigenvalue weighted by Crippen LogP contribution is 2.28. The van der Waals surface area contributed by atoms with Crippen molar-refractivity contribution >= 4 is 11.7 Å². The van der Waals surface area contributed by atoms with Crippen LogP contribution in [0.25, 0.3) is 0 Å². The predicted molar refractivity (Wildman–Crippen MR) is 80.2 cm³/mol. The molecule has 2 aromatic carbocycles. The summed E-state index contributed by atoms with van der Waals surface area (Å²) < 4.78 is 5.75. The summed E-state index contributed by atoms with van der Waals surface area (Å²) in [7, 11) is 0. The number of hydrogen-bond donors (Lipinski definition) is 2. The molecule has 2 rings (SSSR count). The van der Waals surface area contributed by atoms with E-state index in [4.69, 9.17) is 4.74 Å². The molecule has 0 aliphatic carbocycles. The van der Waals surface area contributed by atoms with Crippen LogP contribution in [-0.2, 0) is 0 Å². The Morgan fingerprint density at radius 1 is 1.10 bits per heavy atom. The van der Waals surface area contributed by atoms with E-state index >= 15 is 0 Å². The number of rotatable bonds is 5. The average molecular weight is 268 g/mol. The van der Waals surface area contributed by atoms with Crippen LogP contribution in [0.3, 0.4) is 0 Å². The third-order valence-corrected chi connectivity index (χ3v) is 2.51. The number of amides is 2. The molecule has 20 heavy (non-hydrogen) atoms. The Morgan fingerprint density at radius 3 is 2.55 bits per heavy atom. The van der Waals surface area contributed by atoms with Gasteiger partial charge in [-0.15, -0.1) is 6.58 Å². The molecule has 0 aromatic heterocycles. The van der Waals surface area contributed by atoms with E-state index in [-0.39, 0.29) is 6.03 Å². The summed E-state index contributed by atoms with van der Waals surface area (Å²) in [5.74, 6) is 1.31. The number of carbonyl (C=O) groups is 1. The van der Waals surface area contributed by atoms with Crippen molar-refractivity contribution in [2.75, 3.05) is 11.9 Å². The number of nitrogens with one attached hydrogen (secondary N) is 2. The highest BCUT2D eigenvalue weighted by molar-refractivity contribution is 5.91. The van der Waals surface area contributed by atoms with Gasteiger partial charge in [0.05, 0.1) is 5.69 Å². The zero-order valence-electron chi connectivity index (χ0n) is 11.0. The van der Waals surface area contributed by atoms with Crippen LogP contribution in [0.1, 0.15) is 0 Å². The topological polar surface area (TPSA) is 50.4 Å². The van der Waals surface area contributed by atoms with Gasteiger partial charge in [0.25, 0.3) is 0 Å². The minimum atomic E-state index is -0.297. The highest BCUT2D eigenvalue weighted by Gasteiger charge is 2.07. The second-order valence-corrected chi connectivity index (χ2v) is 4.03. The van der Waals surface area contributed by atoms with Crippen LogP contribution in [0, 0.1) is 0 Å². The van der Waals surface area contributed by atoms with Crippen molar-refractivity contribution in [3.05, 3.63) is 67.3 Å². The molecule has 2 amide bonds. The summed E-state index contributed by atoms with van der Waals surface area (Å²) >= 11 is 0. The molecular weight excluding hydrogens is 252 g/mol. The van der Waals surface area contributed by atoms with Gasteiger partial charge in [0.1, 0.15) is 5.75 Å². The molecule has 102 valence electrons. The molecule has 0 spiro atoms. The van der Waals surface area contributed by atoms with E-state index < -0.39 is 0 Å². The first kappa shape index (κ1) is 13.7. The summed E-state index contributed by atoms with van der Waals surface area (Å²) in [5.41, 5.74) is 0.609. The zero-order chi connectivity index (χ0) is 14.2. The van der Waals surface area contributed by atoms with E-state index in [2.05, 4.69) is 17.2 Å². The van der Waals surface area contributed by atoms with E-state index in [0.717, 1.165) is 0 Å². The van der Waals surface area contributed by atoms with Crippen molar-refractivity contribution in [2.24, 2.45) is 0 Å². The zero-order valence-corrected chi connectivity index (χ0v) is 11.0. The Labute approximate surface area is 118 Å². The Bertz CT molecular complexity index is 582. The van der Waals surface area contributed by atoms with Gasteiger partial charge in [-0.1, -0.05) is 36.4 Å². The van der Waals surface area contributed by atoms with Gasteiger partial charge in [0, 0.05) is 6.54 Å². The molecule has 0 fully saturated rings. The SMILES string of the molecule is C=CCNC(=O)Nc1ccccc1Oc1ccccc1. The van der Waals surface area contributed by atoms with Gasteiger partial charge in [-0.2, -0.15) is 0 Å². The smallest absolute Gasteiger partial charge is 0.319 e. The Balaban J connectivity index is 2.10. The Kier molecular flexibility index (Phi) is 4.78. The molecule has 0 radical (unpaired) electrons. The quantitative estimate of drug-likeness (QED) is 0.811. The lowest BCUT2D eigenvalue weighted by Gasteiger charge is -2.12. The van der Waals surface area contributed by atoms with Gasteiger partial charge in [-0.25, -0.2) is 4.79 Å². The fourth-order valence-corrected chi connectivity index (χ4v) is 1.61. The first-order valence-corrected chi connectivity index (χ1v) is 6.27. The molecule has 0 saturated carbocycles. The van der Waals surface area contributed by atoms with Crippen molar-refractivity contribution in [1.29, 1.82) is 0 Å². The third-order valence-electron chi connectivity index (χ3n) is 2.51. The lowest BCUT2D eigenvalue weighted by atomic mass is 10.3. The van der Waals surface area contributed by atoms with E-state index in [1.807, 2.05) is 42.5 Å². The van der Waals surface area contributed by atoms with E-state index in [1.165, 1.54) is 0 Å². The molecular formula is C16H16N2O2. The van der Waals surface area contributed by atoms with Crippen molar-refractivity contribution in [3.8, 4) is 11.5 Å². The highest BCUT2D eigenvalue weighted by atomic mass is 16.5. The van der Waals surface area contributed by atoms with E-state index in [9.17, 15) is 4.79 Å². The molecule has 0 bridgehead atoms. The summed E-state index contributed by atoms with van der Waals surface area (Å²) in [5, 5.41) is 5.39. The Morgan fingerprint density at radius 2 is 1.80 bits per heavy atom. The van der Waals surface area contributed by atoms with Crippen LogP contribution < -0.4 is 15.4 Å². The van der Waals surface area contributed by atoms with Gasteiger partial charge in [0.2, 0.25) is 0 Å². The summed E-state index contributed by atoms with van der Waals surface area (Å²) in [6.07, 6.45) is 1.62. The van der Waals surface area contributed by atoms with Crippen molar-refractivity contribution < 1.29 is 9.53 Å².